The highest BCUT2D eigenvalue weighted by atomic mass is 35.5. The summed E-state index contributed by atoms with van der Waals surface area (Å²) >= 11 is 5.91. The summed E-state index contributed by atoms with van der Waals surface area (Å²) in [5, 5.41) is 3.63. The lowest BCUT2D eigenvalue weighted by Gasteiger charge is -2.26. The van der Waals surface area contributed by atoms with Gasteiger partial charge >= 0.3 is 0 Å². The highest BCUT2D eigenvalue weighted by molar-refractivity contribution is 6.28. The second-order valence-corrected chi connectivity index (χ2v) is 5.79. The molecule has 1 saturated carbocycles. The number of imidazole rings is 1. The van der Waals surface area contributed by atoms with E-state index < -0.39 is 0 Å². The van der Waals surface area contributed by atoms with Gasteiger partial charge in [0.15, 0.2) is 11.5 Å². The summed E-state index contributed by atoms with van der Waals surface area (Å²) in [6.45, 7) is 3.27. The number of anilines is 1. The van der Waals surface area contributed by atoms with Gasteiger partial charge in [-0.1, -0.05) is 19.8 Å². The summed E-state index contributed by atoms with van der Waals surface area (Å²) in [5.41, 5.74) is 1.44. The van der Waals surface area contributed by atoms with Crippen molar-refractivity contribution < 1.29 is 0 Å². The van der Waals surface area contributed by atoms with Crippen LogP contribution in [0.4, 0.5) is 5.82 Å². The first-order valence-corrected chi connectivity index (χ1v) is 7.20. The molecule has 0 saturated heterocycles. The number of hydrogen-bond acceptors (Lipinski definition) is 4. The van der Waals surface area contributed by atoms with Gasteiger partial charge in [-0.05, 0) is 36.3 Å². The molecule has 0 atom stereocenters. The molecule has 0 unspecified atom stereocenters. The molecule has 2 N–H and O–H groups in total. The van der Waals surface area contributed by atoms with Gasteiger partial charge in [-0.2, -0.15) is 9.97 Å². The Morgan fingerprint density at radius 3 is 2.89 bits per heavy atom. The third-order valence-corrected chi connectivity index (χ3v) is 4.12. The summed E-state index contributed by atoms with van der Waals surface area (Å²) < 4.78 is 0. The number of rotatable bonds is 3. The van der Waals surface area contributed by atoms with Crippen molar-refractivity contribution in [2.24, 2.45) is 11.8 Å². The second-order valence-electron chi connectivity index (χ2n) is 5.45. The average Bonchev–Trinajstić information content (AvgIpc) is 2.85. The third kappa shape index (κ3) is 2.81. The van der Waals surface area contributed by atoms with E-state index in [1.807, 2.05) is 0 Å². The molecule has 19 heavy (non-hydrogen) atoms. The van der Waals surface area contributed by atoms with Crippen LogP contribution < -0.4 is 5.32 Å². The molecule has 3 rings (SSSR count). The zero-order valence-corrected chi connectivity index (χ0v) is 11.7. The van der Waals surface area contributed by atoms with Gasteiger partial charge in [0.05, 0.1) is 6.33 Å². The molecule has 6 heteroatoms. The predicted octanol–water partition coefficient (Wildman–Crippen LogP) is 3.24. The van der Waals surface area contributed by atoms with E-state index in [9.17, 15) is 0 Å². The molecule has 0 aromatic carbocycles. The van der Waals surface area contributed by atoms with Gasteiger partial charge in [0.2, 0.25) is 5.28 Å². The fraction of sp³-hybridized carbons (Fsp3) is 0.615. The predicted molar refractivity (Wildman–Crippen MR) is 76.3 cm³/mol. The Morgan fingerprint density at radius 2 is 2.11 bits per heavy atom. The van der Waals surface area contributed by atoms with E-state index in [0.717, 1.165) is 29.7 Å². The molecule has 0 aliphatic heterocycles. The van der Waals surface area contributed by atoms with Crippen LogP contribution in [0.2, 0.25) is 5.28 Å². The standard InChI is InChI=1S/C13H18ClN5/c1-8-2-4-9(5-3-8)6-15-11-10-12(17-7-16-10)19-13(14)18-11/h7-9H,2-6H2,1H3,(H2,15,16,17,18,19). The number of nitrogens with one attached hydrogen (secondary N) is 2. The van der Waals surface area contributed by atoms with E-state index in [0.29, 0.717) is 5.65 Å². The van der Waals surface area contributed by atoms with E-state index in [4.69, 9.17) is 11.6 Å². The normalized spacial score (nSPS) is 23.7. The van der Waals surface area contributed by atoms with Crippen molar-refractivity contribution in [3.63, 3.8) is 0 Å². The fourth-order valence-corrected chi connectivity index (χ4v) is 2.87. The molecule has 0 amide bonds. The number of aromatic nitrogens is 4. The average molecular weight is 280 g/mol. The van der Waals surface area contributed by atoms with Gasteiger partial charge in [-0.15, -0.1) is 0 Å². The minimum atomic E-state index is 0.236. The van der Waals surface area contributed by atoms with Gasteiger partial charge in [-0.3, -0.25) is 0 Å². The highest BCUT2D eigenvalue weighted by Gasteiger charge is 2.18. The number of nitrogens with zero attached hydrogens (tertiary/aromatic N) is 3. The second kappa shape index (κ2) is 5.33. The minimum Gasteiger partial charge on any atom is -0.368 e. The monoisotopic (exact) mass is 279 g/mol. The molecular formula is C13H18ClN5. The maximum absolute atomic E-state index is 5.91. The Bertz CT molecular complexity index is 559. The molecule has 1 fully saturated rings. The molecule has 1 aliphatic rings. The molecule has 2 heterocycles. The van der Waals surface area contributed by atoms with Crippen molar-refractivity contribution in [2.45, 2.75) is 32.6 Å². The molecule has 1 aliphatic carbocycles. The van der Waals surface area contributed by atoms with Crippen molar-refractivity contribution in [3.8, 4) is 0 Å². The first-order valence-electron chi connectivity index (χ1n) is 6.83. The van der Waals surface area contributed by atoms with Crippen molar-refractivity contribution in [3.05, 3.63) is 11.6 Å². The lowest BCUT2D eigenvalue weighted by Crippen LogP contribution is -2.20. The Kier molecular flexibility index (Phi) is 3.55. The van der Waals surface area contributed by atoms with Crippen LogP contribution in [0.15, 0.2) is 6.33 Å². The molecule has 102 valence electrons. The third-order valence-electron chi connectivity index (χ3n) is 3.95. The van der Waals surface area contributed by atoms with Crippen LogP contribution >= 0.6 is 11.6 Å². The number of aromatic amines is 1. The Balaban J connectivity index is 1.69. The van der Waals surface area contributed by atoms with E-state index >= 15 is 0 Å². The first kappa shape index (κ1) is 12.7. The van der Waals surface area contributed by atoms with Gasteiger partial charge in [-0.25, -0.2) is 4.98 Å². The summed E-state index contributed by atoms with van der Waals surface area (Å²) in [5.74, 6) is 2.36. The van der Waals surface area contributed by atoms with Crippen molar-refractivity contribution in [1.82, 2.24) is 19.9 Å². The van der Waals surface area contributed by atoms with Gasteiger partial charge in [0.1, 0.15) is 5.52 Å². The van der Waals surface area contributed by atoms with Crippen molar-refractivity contribution >= 4 is 28.6 Å². The lowest BCUT2D eigenvalue weighted by molar-refractivity contribution is 0.300. The van der Waals surface area contributed by atoms with Crippen LogP contribution in [0.3, 0.4) is 0 Å². The maximum atomic E-state index is 5.91. The smallest absolute Gasteiger partial charge is 0.226 e. The first-order chi connectivity index (χ1) is 9.22. The number of fused-ring (bicyclic) bond motifs is 1. The van der Waals surface area contributed by atoms with Crippen LogP contribution in [0.25, 0.3) is 11.2 Å². The molecule has 0 radical (unpaired) electrons. The van der Waals surface area contributed by atoms with E-state index in [1.54, 1.807) is 6.33 Å². The van der Waals surface area contributed by atoms with Crippen LogP contribution in [-0.2, 0) is 0 Å². The van der Waals surface area contributed by atoms with Gasteiger partial charge in [0, 0.05) is 6.54 Å². The largest absolute Gasteiger partial charge is 0.368 e. The van der Waals surface area contributed by atoms with Crippen molar-refractivity contribution in [2.75, 3.05) is 11.9 Å². The molecule has 5 nitrogen and oxygen atoms in total. The molecule has 2 aromatic rings. The lowest BCUT2D eigenvalue weighted by atomic mass is 9.83. The maximum Gasteiger partial charge on any atom is 0.226 e. The summed E-state index contributed by atoms with van der Waals surface area (Å²) in [6, 6.07) is 0. The molecular weight excluding hydrogens is 262 g/mol. The van der Waals surface area contributed by atoms with E-state index in [1.165, 1.54) is 25.7 Å². The number of hydrogen-bond donors (Lipinski definition) is 2. The fourth-order valence-electron chi connectivity index (χ4n) is 2.71. The Labute approximate surface area is 117 Å². The highest BCUT2D eigenvalue weighted by Crippen LogP contribution is 2.28. The Morgan fingerprint density at radius 1 is 1.32 bits per heavy atom. The van der Waals surface area contributed by atoms with Gasteiger partial charge in [0.25, 0.3) is 0 Å². The van der Waals surface area contributed by atoms with Crippen LogP contribution in [0.5, 0.6) is 0 Å². The minimum absolute atomic E-state index is 0.236. The summed E-state index contributed by atoms with van der Waals surface area (Å²) in [7, 11) is 0. The SMILES string of the molecule is CC1CCC(CNc2nc(Cl)nc3nc[nH]c23)CC1. The Hall–Kier alpha value is -1.36. The summed E-state index contributed by atoms with van der Waals surface area (Å²) in [4.78, 5) is 15.5. The zero-order chi connectivity index (χ0) is 13.2. The number of H-pyrrole nitrogens is 1. The molecule has 0 spiro atoms. The quantitative estimate of drug-likeness (QED) is 0.847. The van der Waals surface area contributed by atoms with E-state index in [-0.39, 0.29) is 5.28 Å². The van der Waals surface area contributed by atoms with Crippen LogP contribution in [0.1, 0.15) is 32.6 Å². The number of halogens is 1. The van der Waals surface area contributed by atoms with Crippen LogP contribution in [0, 0.1) is 11.8 Å². The summed E-state index contributed by atoms with van der Waals surface area (Å²) in [6.07, 6.45) is 6.86. The topological polar surface area (TPSA) is 66.5 Å². The van der Waals surface area contributed by atoms with E-state index in [2.05, 4.69) is 32.2 Å². The molecule has 2 aromatic heterocycles. The van der Waals surface area contributed by atoms with Crippen molar-refractivity contribution in [1.29, 1.82) is 0 Å². The van der Waals surface area contributed by atoms with Crippen LogP contribution in [-0.4, -0.2) is 26.5 Å². The molecule has 0 bridgehead atoms. The van der Waals surface area contributed by atoms with Gasteiger partial charge < -0.3 is 10.3 Å². The zero-order valence-electron chi connectivity index (χ0n) is 11.0.